The zero-order valence-corrected chi connectivity index (χ0v) is 26.3. The second kappa shape index (κ2) is 11.8. The molecule has 2 aromatic rings. The molecule has 1 spiro atoms. The first-order chi connectivity index (χ1) is 22.3. The lowest BCUT2D eigenvalue weighted by atomic mass is 9.50. The van der Waals surface area contributed by atoms with Crippen molar-refractivity contribution in [3.8, 4) is 11.5 Å². The average Bonchev–Trinajstić information content (AvgIpc) is 3.38. The Morgan fingerprint density at radius 1 is 0.936 bits per heavy atom. The summed E-state index contributed by atoms with van der Waals surface area (Å²) in [4.78, 5) is 66.3. The summed E-state index contributed by atoms with van der Waals surface area (Å²) in [7, 11) is 1.93. The standard InChI is InChI=1S/C34H35NO12/c1-17(36)26(20-8-6-5-7-9-20)47-32(41)29(44-19(3)38)28(43-18(2)37)31(40)45-23-12-13-34(42)24-16-21-10-11-22(39)27-25(21)33(34,30(23)46-27)14-15-35(24)4/h5-12,24,26,28-30,39,42H,13-16H2,1-4H3/t24-,26+,28-,29-,30+,33+,34-/m1/s1. The van der Waals surface area contributed by atoms with Crippen molar-refractivity contribution in [3.05, 3.63) is 71.0 Å². The van der Waals surface area contributed by atoms with E-state index < -0.39 is 65.1 Å². The Labute approximate surface area is 270 Å². The van der Waals surface area contributed by atoms with Crippen LogP contribution in [0.4, 0.5) is 0 Å². The van der Waals surface area contributed by atoms with E-state index in [2.05, 4.69) is 4.90 Å². The van der Waals surface area contributed by atoms with Crippen molar-refractivity contribution in [2.24, 2.45) is 0 Å². The van der Waals surface area contributed by atoms with Crippen LogP contribution >= 0.6 is 0 Å². The molecule has 2 aliphatic carbocycles. The number of piperidine rings is 1. The number of Topliss-reactive ketones (excluding diaryl/α,β-unsaturated/α-hetero) is 1. The van der Waals surface area contributed by atoms with Crippen LogP contribution < -0.4 is 4.74 Å². The Hall–Kier alpha value is -4.75. The van der Waals surface area contributed by atoms with Crippen molar-refractivity contribution in [1.29, 1.82) is 0 Å². The minimum atomic E-state index is -2.14. The summed E-state index contributed by atoms with van der Waals surface area (Å²) < 4.78 is 27.9. The molecule has 13 heteroatoms. The summed E-state index contributed by atoms with van der Waals surface area (Å²) in [6.07, 6.45) is -4.28. The van der Waals surface area contributed by atoms with Crippen molar-refractivity contribution in [2.45, 2.75) is 81.5 Å². The topological polar surface area (TPSA) is 175 Å². The van der Waals surface area contributed by atoms with E-state index in [1.807, 2.05) is 7.05 Å². The molecule has 1 saturated heterocycles. The normalized spacial score (nSPS) is 27.1. The van der Waals surface area contributed by atoms with Crippen LogP contribution in [0, 0.1) is 0 Å². The third-order valence-electron chi connectivity index (χ3n) is 9.60. The van der Waals surface area contributed by atoms with Gasteiger partial charge in [0.1, 0.15) is 5.76 Å². The largest absolute Gasteiger partial charge is 0.504 e. The van der Waals surface area contributed by atoms with Crippen LogP contribution in [0.1, 0.15) is 56.4 Å². The molecule has 2 aliphatic heterocycles. The molecule has 0 aromatic heterocycles. The zero-order chi connectivity index (χ0) is 33.8. The number of likely N-dealkylation sites (N-methyl/N-ethyl adjacent to an activating group) is 1. The number of ether oxygens (including phenoxy) is 5. The number of aromatic hydroxyl groups is 1. The number of hydrogen-bond donors (Lipinski definition) is 2. The third kappa shape index (κ3) is 5.13. The maximum Gasteiger partial charge on any atom is 0.357 e. The number of esters is 4. The maximum absolute atomic E-state index is 13.9. The minimum Gasteiger partial charge on any atom is -0.504 e. The molecule has 47 heavy (non-hydrogen) atoms. The Morgan fingerprint density at radius 2 is 1.60 bits per heavy atom. The summed E-state index contributed by atoms with van der Waals surface area (Å²) in [6, 6.07) is 11.1. The van der Waals surface area contributed by atoms with Crippen LogP contribution in [-0.2, 0) is 54.8 Å². The van der Waals surface area contributed by atoms with E-state index in [0.717, 1.165) is 19.4 Å². The molecule has 0 unspecified atom stereocenters. The quantitative estimate of drug-likeness (QED) is 0.298. The van der Waals surface area contributed by atoms with E-state index in [0.29, 0.717) is 30.5 Å². The minimum absolute atomic E-state index is 0.0376. The van der Waals surface area contributed by atoms with E-state index in [1.165, 1.54) is 19.1 Å². The Balaban J connectivity index is 1.34. The number of nitrogens with zero attached hydrogens (tertiary/aromatic N) is 1. The van der Waals surface area contributed by atoms with Crippen LogP contribution in [0.2, 0.25) is 0 Å². The number of aliphatic hydroxyl groups is 1. The Morgan fingerprint density at radius 3 is 2.23 bits per heavy atom. The number of phenols is 1. The lowest BCUT2D eigenvalue weighted by molar-refractivity contribution is -0.194. The summed E-state index contributed by atoms with van der Waals surface area (Å²) in [5.74, 6) is -5.17. The molecule has 1 fully saturated rings. The molecule has 0 radical (unpaired) electrons. The molecule has 2 aromatic carbocycles. The van der Waals surface area contributed by atoms with Gasteiger partial charge in [-0.15, -0.1) is 0 Å². The first-order valence-electron chi connectivity index (χ1n) is 15.2. The molecule has 7 atom stereocenters. The predicted octanol–water partition coefficient (Wildman–Crippen LogP) is 1.95. The van der Waals surface area contributed by atoms with Gasteiger partial charge in [0.25, 0.3) is 0 Å². The van der Waals surface area contributed by atoms with Crippen molar-refractivity contribution in [3.63, 3.8) is 0 Å². The van der Waals surface area contributed by atoms with Gasteiger partial charge >= 0.3 is 23.9 Å². The number of phenolic OH excluding ortho intramolecular Hbond substituents is 1. The van der Waals surface area contributed by atoms with Gasteiger partial charge in [-0.2, -0.15) is 0 Å². The average molecular weight is 650 g/mol. The molecule has 2 N–H and O–H groups in total. The van der Waals surface area contributed by atoms with Crippen molar-refractivity contribution < 1.29 is 57.9 Å². The summed E-state index contributed by atoms with van der Waals surface area (Å²) in [6.45, 7) is 3.74. The fraction of sp³-hybridized carbons (Fsp3) is 0.441. The molecular formula is C34H35NO12. The summed E-state index contributed by atoms with van der Waals surface area (Å²) >= 11 is 0. The van der Waals surface area contributed by atoms with E-state index >= 15 is 0 Å². The van der Waals surface area contributed by atoms with Crippen LogP contribution in [0.5, 0.6) is 11.5 Å². The third-order valence-corrected chi connectivity index (χ3v) is 9.60. The van der Waals surface area contributed by atoms with Gasteiger partial charge in [0.2, 0.25) is 12.2 Å². The second-order valence-electron chi connectivity index (χ2n) is 12.4. The lowest BCUT2D eigenvalue weighted by Crippen LogP contribution is -2.74. The first kappa shape index (κ1) is 32.2. The Bertz CT molecular complexity index is 1690. The maximum atomic E-state index is 13.9. The van der Waals surface area contributed by atoms with E-state index in [1.54, 1.807) is 36.4 Å². The van der Waals surface area contributed by atoms with Crippen molar-refractivity contribution >= 4 is 29.7 Å². The van der Waals surface area contributed by atoms with E-state index in [4.69, 9.17) is 23.7 Å². The first-order valence-corrected chi connectivity index (χ1v) is 15.2. The smallest absolute Gasteiger partial charge is 0.357 e. The van der Waals surface area contributed by atoms with E-state index in [9.17, 15) is 34.2 Å². The van der Waals surface area contributed by atoms with Gasteiger partial charge in [0.15, 0.2) is 29.5 Å². The lowest BCUT2D eigenvalue weighted by Gasteiger charge is -2.61. The zero-order valence-electron chi connectivity index (χ0n) is 26.3. The monoisotopic (exact) mass is 649 g/mol. The molecular weight excluding hydrogens is 614 g/mol. The van der Waals surface area contributed by atoms with Gasteiger partial charge in [0.05, 0.1) is 11.0 Å². The number of likely N-dealkylation sites (tertiary alicyclic amines) is 1. The molecule has 0 saturated carbocycles. The molecule has 2 heterocycles. The number of ketones is 1. The Kier molecular flexibility index (Phi) is 8.09. The van der Waals surface area contributed by atoms with Gasteiger partial charge in [-0.05, 0) is 56.6 Å². The number of carbonyl (C=O) groups excluding carboxylic acids is 5. The van der Waals surface area contributed by atoms with Crippen molar-refractivity contribution in [2.75, 3.05) is 13.6 Å². The number of rotatable bonds is 9. The highest BCUT2D eigenvalue weighted by Gasteiger charge is 2.72. The molecule has 0 amide bonds. The molecule has 248 valence electrons. The van der Waals surface area contributed by atoms with Crippen LogP contribution in [0.25, 0.3) is 0 Å². The fourth-order valence-electron chi connectivity index (χ4n) is 7.63. The van der Waals surface area contributed by atoms with Crippen LogP contribution in [-0.4, -0.2) is 88.3 Å². The van der Waals surface area contributed by atoms with Crippen LogP contribution in [0.15, 0.2) is 54.3 Å². The number of hydrogen-bond acceptors (Lipinski definition) is 13. The van der Waals surface area contributed by atoms with Crippen LogP contribution in [0.3, 0.4) is 0 Å². The summed E-state index contributed by atoms with van der Waals surface area (Å²) in [5.41, 5.74) is -0.560. The van der Waals surface area contributed by atoms with Gasteiger partial charge in [-0.3, -0.25) is 14.4 Å². The van der Waals surface area contributed by atoms with Crippen molar-refractivity contribution in [1.82, 2.24) is 4.90 Å². The second-order valence-corrected chi connectivity index (χ2v) is 12.4. The van der Waals surface area contributed by atoms with Gasteiger partial charge in [-0.25, -0.2) is 9.59 Å². The van der Waals surface area contributed by atoms with Gasteiger partial charge in [0, 0.05) is 31.9 Å². The fourth-order valence-corrected chi connectivity index (χ4v) is 7.63. The highest BCUT2D eigenvalue weighted by molar-refractivity contribution is 5.91. The van der Waals surface area contributed by atoms with E-state index in [-0.39, 0.29) is 29.7 Å². The molecule has 13 nitrogen and oxygen atoms in total. The predicted molar refractivity (Wildman–Crippen MR) is 160 cm³/mol. The summed E-state index contributed by atoms with van der Waals surface area (Å²) in [5, 5.41) is 23.1. The van der Waals surface area contributed by atoms with Gasteiger partial charge < -0.3 is 38.8 Å². The van der Waals surface area contributed by atoms with Gasteiger partial charge in [-0.1, -0.05) is 36.4 Å². The highest BCUT2D eigenvalue weighted by atomic mass is 16.6. The SMILES string of the molecule is CC(=O)O[C@@H](C(=O)OC1=CC[C@@]2(O)[C@H]3Cc4ccc(O)c5c4[C@@]2(CCN3C)[C@H]1O5)[C@@H](OC(C)=O)C(=O)O[C@@H](C(C)=O)c1ccccc1. The molecule has 6 rings (SSSR count). The number of benzene rings is 2. The number of carbonyl (C=O) groups is 5. The molecule has 2 bridgehead atoms. The molecule has 4 aliphatic rings. The highest BCUT2D eigenvalue weighted by Crippen LogP contribution is 2.65.